The van der Waals surface area contributed by atoms with Crippen molar-refractivity contribution >= 4 is 11.9 Å². The molecule has 0 unspecified atom stereocenters. The first-order chi connectivity index (χ1) is 15.9. The number of aromatic amines is 1. The van der Waals surface area contributed by atoms with E-state index in [1.165, 1.54) is 12.1 Å². The minimum atomic E-state index is -2.07. The van der Waals surface area contributed by atoms with Crippen molar-refractivity contribution in [2.45, 2.75) is 31.6 Å². The van der Waals surface area contributed by atoms with E-state index in [9.17, 15) is 14.3 Å². The molecule has 1 aliphatic carbocycles. The molecule has 2 aliphatic rings. The number of benzene rings is 1. The zero-order valence-electron chi connectivity index (χ0n) is 18.3. The van der Waals surface area contributed by atoms with Crippen molar-refractivity contribution in [2.75, 3.05) is 25.2 Å². The summed E-state index contributed by atoms with van der Waals surface area (Å²) in [4.78, 5) is 31.0. The quantitative estimate of drug-likeness (QED) is 0.585. The number of hydrogen-bond acceptors (Lipinski definition) is 7. The molecule has 3 aromatic rings. The van der Waals surface area contributed by atoms with Crippen molar-refractivity contribution in [1.29, 1.82) is 0 Å². The molecule has 1 aromatic carbocycles. The van der Waals surface area contributed by atoms with Gasteiger partial charge in [0.15, 0.2) is 5.82 Å². The van der Waals surface area contributed by atoms with Gasteiger partial charge in [-0.2, -0.15) is 0 Å². The highest BCUT2D eigenvalue weighted by atomic mass is 19.1. The van der Waals surface area contributed by atoms with Gasteiger partial charge >= 0.3 is 11.8 Å². The van der Waals surface area contributed by atoms with Crippen LogP contribution in [0.1, 0.15) is 25.6 Å². The summed E-state index contributed by atoms with van der Waals surface area (Å²) < 4.78 is 24.9. The average Bonchev–Trinajstić information content (AvgIpc) is 3.58. The van der Waals surface area contributed by atoms with Gasteiger partial charge in [0.1, 0.15) is 5.82 Å². The zero-order chi connectivity index (χ0) is 23.2. The number of hydrogen-bond donors (Lipinski definition) is 2. The minimum absolute atomic E-state index is 0.00747. The van der Waals surface area contributed by atoms with Gasteiger partial charge < -0.3 is 24.5 Å². The Labute approximate surface area is 189 Å². The van der Waals surface area contributed by atoms with Crippen LogP contribution in [0.5, 0.6) is 0 Å². The Morgan fingerprint density at radius 3 is 2.52 bits per heavy atom. The highest BCUT2D eigenvalue weighted by Crippen LogP contribution is 2.37. The molecule has 0 amide bonds. The van der Waals surface area contributed by atoms with E-state index in [4.69, 9.17) is 9.47 Å². The van der Waals surface area contributed by atoms with Gasteiger partial charge in [-0.25, -0.2) is 24.1 Å². The number of anilines is 1. The maximum Gasteiger partial charge on any atom is 0.373 e. The SMILES string of the molecule is CC1COC(C(=O)O)(c2nc(-c3ccc(F)cc3)c(-c3ccnc(N(C)C4CC4)n3)[nH]2)OC1. The predicted octanol–water partition coefficient (Wildman–Crippen LogP) is 3.19. The van der Waals surface area contributed by atoms with Gasteiger partial charge in [-0.1, -0.05) is 6.92 Å². The number of aromatic nitrogens is 4. The molecule has 1 aliphatic heterocycles. The van der Waals surface area contributed by atoms with Crippen molar-refractivity contribution in [2.24, 2.45) is 5.92 Å². The number of halogens is 1. The monoisotopic (exact) mass is 453 g/mol. The van der Waals surface area contributed by atoms with E-state index >= 15 is 0 Å². The van der Waals surface area contributed by atoms with Crippen molar-refractivity contribution in [3.8, 4) is 22.6 Å². The lowest BCUT2D eigenvalue weighted by molar-refractivity contribution is -0.287. The second kappa shape index (κ2) is 8.20. The lowest BCUT2D eigenvalue weighted by Gasteiger charge is -2.34. The molecule has 33 heavy (non-hydrogen) atoms. The lowest BCUT2D eigenvalue weighted by Crippen LogP contribution is -2.48. The van der Waals surface area contributed by atoms with Gasteiger partial charge in [0.25, 0.3) is 0 Å². The van der Waals surface area contributed by atoms with Crippen molar-refractivity contribution < 1.29 is 23.8 Å². The molecule has 172 valence electrons. The van der Waals surface area contributed by atoms with Crippen LogP contribution in [0.25, 0.3) is 22.6 Å². The second-order valence-electron chi connectivity index (χ2n) is 8.55. The molecule has 1 saturated carbocycles. The number of H-pyrrole nitrogens is 1. The van der Waals surface area contributed by atoms with Gasteiger partial charge in [-0.05, 0) is 43.2 Å². The van der Waals surface area contributed by atoms with E-state index in [1.54, 1.807) is 24.4 Å². The minimum Gasteiger partial charge on any atom is -0.477 e. The molecule has 0 spiro atoms. The van der Waals surface area contributed by atoms with Crippen LogP contribution >= 0.6 is 0 Å². The summed E-state index contributed by atoms with van der Waals surface area (Å²) in [5.41, 5.74) is 2.00. The standard InChI is InChI=1S/C23H24FN5O4/c1-13-11-32-23(21(30)31,33-12-13)20-27-18(14-3-5-15(24)6-4-14)19(28-20)17-9-10-25-22(26-17)29(2)16-7-8-16/h3-6,9-10,13,16H,7-8,11-12H2,1-2H3,(H,27,28)(H,30,31). The lowest BCUT2D eigenvalue weighted by atomic mass is 10.1. The first-order valence-corrected chi connectivity index (χ1v) is 10.8. The Hall–Kier alpha value is -3.37. The third-order valence-corrected chi connectivity index (χ3v) is 5.87. The molecule has 1 saturated heterocycles. The van der Waals surface area contributed by atoms with Crippen LogP contribution in [0, 0.1) is 11.7 Å². The second-order valence-corrected chi connectivity index (χ2v) is 8.55. The number of carbonyl (C=O) groups is 1. The summed E-state index contributed by atoms with van der Waals surface area (Å²) in [6.07, 6.45) is 3.83. The Morgan fingerprint density at radius 2 is 1.88 bits per heavy atom. The summed E-state index contributed by atoms with van der Waals surface area (Å²) in [7, 11) is 1.94. The largest absolute Gasteiger partial charge is 0.477 e. The normalized spacial score (nSPS) is 22.8. The smallest absolute Gasteiger partial charge is 0.373 e. The van der Waals surface area contributed by atoms with Crippen LogP contribution in [-0.4, -0.2) is 57.3 Å². The van der Waals surface area contributed by atoms with Gasteiger partial charge in [0, 0.05) is 30.8 Å². The highest BCUT2D eigenvalue weighted by molar-refractivity contribution is 5.81. The summed E-state index contributed by atoms with van der Waals surface area (Å²) in [5, 5.41) is 10.00. The molecule has 0 radical (unpaired) electrons. The maximum absolute atomic E-state index is 13.6. The highest BCUT2D eigenvalue weighted by Gasteiger charge is 2.50. The third kappa shape index (κ3) is 3.96. The number of ether oxygens (including phenoxy) is 2. The number of imidazole rings is 1. The molecule has 2 fully saturated rings. The summed E-state index contributed by atoms with van der Waals surface area (Å²) in [6.45, 7) is 2.32. The Kier molecular flexibility index (Phi) is 5.34. The third-order valence-electron chi connectivity index (χ3n) is 5.87. The summed E-state index contributed by atoms with van der Waals surface area (Å²) in [6, 6.07) is 7.93. The summed E-state index contributed by atoms with van der Waals surface area (Å²) >= 11 is 0. The van der Waals surface area contributed by atoms with Crippen LogP contribution in [0.2, 0.25) is 0 Å². The molecular formula is C23H24FN5O4. The number of rotatable bonds is 6. The predicted molar refractivity (Wildman–Crippen MR) is 117 cm³/mol. The molecule has 5 rings (SSSR count). The number of nitrogens with one attached hydrogen (secondary N) is 1. The maximum atomic E-state index is 13.6. The average molecular weight is 453 g/mol. The molecule has 3 heterocycles. The van der Waals surface area contributed by atoms with Crippen LogP contribution in [-0.2, 0) is 20.1 Å². The van der Waals surface area contributed by atoms with Crippen molar-refractivity contribution in [1.82, 2.24) is 19.9 Å². The fraction of sp³-hybridized carbons (Fsp3) is 0.391. The topological polar surface area (TPSA) is 113 Å². The van der Waals surface area contributed by atoms with E-state index < -0.39 is 11.8 Å². The van der Waals surface area contributed by atoms with Crippen LogP contribution < -0.4 is 4.90 Å². The van der Waals surface area contributed by atoms with Gasteiger partial charge in [0.05, 0.1) is 30.3 Å². The van der Waals surface area contributed by atoms with Crippen molar-refractivity contribution in [3.05, 3.63) is 48.2 Å². The molecule has 10 heteroatoms. The van der Waals surface area contributed by atoms with E-state index in [-0.39, 0.29) is 30.8 Å². The fourth-order valence-electron chi connectivity index (χ4n) is 3.78. The number of aliphatic carboxylic acids is 1. The number of carboxylic acid groups (broad SMARTS) is 1. The number of carboxylic acids is 1. The Balaban J connectivity index is 1.64. The van der Waals surface area contributed by atoms with E-state index in [0.29, 0.717) is 34.6 Å². The Morgan fingerprint density at radius 1 is 1.18 bits per heavy atom. The number of nitrogens with zero attached hydrogens (tertiary/aromatic N) is 4. The van der Waals surface area contributed by atoms with Crippen molar-refractivity contribution in [3.63, 3.8) is 0 Å². The zero-order valence-corrected chi connectivity index (χ0v) is 18.3. The van der Waals surface area contributed by atoms with E-state index in [1.807, 2.05) is 18.9 Å². The first kappa shape index (κ1) is 21.5. The van der Waals surface area contributed by atoms with E-state index in [2.05, 4.69) is 19.9 Å². The molecule has 9 nitrogen and oxygen atoms in total. The molecule has 0 atom stereocenters. The van der Waals surface area contributed by atoms with E-state index in [0.717, 1.165) is 12.8 Å². The Bertz CT molecular complexity index is 1170. The van der Waals surface area contributed by atoms with Gasteiger partial charge in [0.2, 0.25) is 5.95 Å². The fourth-order valence-corrected chi connectivity index (χ4v) is 3.78. The van der Waals surface area contributed by atoms with Crippen LogP contribution in [0.4, 0.5) is 10.3 Å². The van der Waals surface area contributed by atoms with Gasteiger partial charge in [-0.3, -0.25) is 0 Å². The molecule has 0 bridgehead atoms. The molecule has 2 N–H and O–H groups in total. The first-order valence-electron chi connectivity index (χ1n) is 10.8. The van der Waals surface area contributed by atoms with Crippen LogP contribution in [0.3, 0.4) is 0 Å². The molecule has 2 aromatic heterocycles. The molecular weight excluding hydrogens is 429 g/mol. The van der Waals surface area contributed by atoms with Gasteiger partial charge in [-0.15, -0.1) is 0 Å². The van der Waals surface area contributed by atoms with Crippen LogP contribution in [0.15, 0.2) is 36.5 Å². The summed E-state index contributed by atoms with van der Waals surface area (Å²) in [5.74, 6) is -3.17.